The molecule has 0 saturated carbocycles. The van der Waals surface area contributed by atoms with Crippen molar-refractivity contribution >= 4 is 17.7 Å². The molecule has 240 valence electrons. The number of carbonyl (C=O) groups excluding carboxylic acids is 3. The second-order valence-corrected chi connectivity index (χ2v) is 12.6. The summed E-state index contributed by atoms with van der Waals surface area (Å²) in [5.74, 6) is -2.32. The molecule has 0 radical (unpaired) electrons. The number of aliphatic hydroxyl groups excluding tert-OH is 1. The third-order valence-corrected chi connectivity index (χ3v) is 10.1. The molecule has 2 bridgehead atoms. The first-order valence-corrected chi connectivity index (χ1v) is 16.3. The van der Waals surface area contributed by atoms with Crippen molar-refractivity contribution in [2.45, 2.75) is 75.8 Å². The van der Waals surface area contributed by atoms with Gasteiger partial charge in [-0.25, -0.2) is 0 Å². The van der Waals surface area contributed by atoms with E-state index in [1.54, 1.807) is 26.9 Å². The summed E-state index contributed by atoms with van der Waals surface area (Å²) in [7, 11) is 0. The zero-order chi connectivity index (χ0) is 32.2. The third-order valence-electron chi connectivity index (χ3n) is 10.1. The highest BCUT2D eigenvalue weighted by Crippen LogP contribution is 2.65. The smallest absolute Gasteiger partial charge is 0.248 e. The third kappa shape index (κ3) is 5.63. The van der Waals surface area contributed by atoms with Crippen LogP contribution in [0.2, 0.25) is 0 Å². The molecular weight excluding hydrogens is 566 g/mol. The predicted molar refractivity (Wildman–Crippen MR) is 174 cm³/mol. The van der Waals surface area contributed by atoms with Crippen LogP contribution in [-0.4, -0.2) is 81.0 Å². The number of carbonyl (C=O) groups is 3. The number of benzene rings is 2. The lowest BCUT2D eigenvalue weighted by atomic mass is 9.64. The molecule has 2 unspecified atom stereocenters. The minimum absolute atomic E-state index is 0.164. The molecule has 1 spiro atoms. The van der Waals surface area contributed by atoms with Crippen molar-refractivity contribution in [3.8, 4) is 0 Å². The molecule has 0 aromatic heterocycles. The summed E-state index contributed by atoms with van der Waals surface area (Å²) in [5, 5.41) is 10.8. The number of rotatable bonds is 15. The van der Waals surface area contributed by atoms with E-state index in [-0.39, 0.29) is 24.3 Å². The minimum atomic E-state index is -1.19. The monoisotopic (exact) mass is 613 g/mol. The van der Waals surface area contributed by atoms with E-state index in [2.05, 4.69) is 20.1 Å². The van der Waals surface area contributed by atoms with E-state index in [0.29, 0.717) is 45.4 Å². The second-order valence-electron chi connectivity index (χ2n) is 12.6. The molecule has 2 aromatic carbocycles. The molecule has 0 aliphatic carbocycles. The van der Waals surface area contributed by atoms with Crippen molar-refractivity contribution in [1.82, 2.24) is 14.7 Å². The molecule has 8 heteroatoms. The quantitative estimate of drug-likeness (QED) is 0.289. The van der Waals surface area contributed by atoms with Crippen LogP contribution in [-0.2, 0) is 25.7 Å². The molecule has 5 rings (SSSR count). The van der Waals surface area contributed by atoms with Crippen molar-refractivity contribution in [2.24, 2.45) is 11.8 Å². The summed E-state index contributed by atoms with van der Waals surface area (Å²) in [6, 6.07) is 17.3. The molecule has 3 saturated heterocycles. The molecule has 2 aromatic rings. The van der Waals surface area contributed by atoms with Crippen molar-refractivity contribution in [2.75, 3.05) is 26.2 Å². The molecule has 3 aliphatic heterocycles. The van der Waals surface area contributed by atoms with Crippen LogP contribution >= 0.6 is 0 Å². The van der Waals surface area contributed by atoms with Gasteiger partial charge in [0, 0.05) is 26.2 Å². The summed E-state index contributed by atoms with van der Waals surface area (Å²) in [6.07, 6.45) is 6.70. The largest absolute Gasteiger partial charge is 0.394 e. The number of likely N-dealkylation sites (tertiary alicyclic amines) is 1. The van der Waals surface area contributed by atoms with Crippen LogP contribution in [0, 0.1) is 11.8 Å². The Kier molecular flexibility index (Phi) is 9.94. The zero-order valence-electron chi connectivity index (χ0n) is 26.6. The van der Waals surface area contributed by atoms with Crippen molar-refractivity contribution in [3.63, 3.8) is 0 Å². The maximum Gasteiger partial charge on any atom is 0.248 e. The Morgan fingerprint density at radius 3 is 2.24 bits per heavy atom. The molecule has 3 aliphatic rings. The SMILES string of the molecule is C=CCN(CCCC)C(=O)C1N([C@H](CO)c2ccccc2)C(=O)[C@@H]2[C@@H](C(=O)N(CC=C)Cc3ccccc3)[C@@]3(CC)CCC12O3. The molecule has 3 heterocycles. The van der Waals surface area contributed by atoms with Crippen LogP contribution in [0.5, 0.6) is 0 Å². The molecular formula is C37H47N3O5. The van der Waals surface area contributed by atoms with Gasteiger partial charge in [0.25, 0.3) is 0 Å². The van der Waals surface area contributed by atoms with Crippen LogP contribution in [0.4, 0.5) is 0 Å². The lowest BCUT2D eigenvalue weighted by Gasteiger charge is -2.39. The van der Waals surface area contributed by atoms with Crippen LogP contribution in [0.15, 0.2) is 86.0 Å². The van der Waals surface area contributed by atoms with Crippen molar-refractivity contribution < 1.29 is 24.2 Å². The highest BCUT2D eigenvalue weighted by atomic mass is 16.5. The van der Waals surface area contributed by atoms with E-state index in [1.165, 1.54) is 0 Å². The second kappa shape index (κ2) is 13.7. The fourth-order valence-electron chi connectivity index (χ4n) is 8.03. The van der Waals surface area contributed by atoms with Gasteiger partial charge in [0.2, 0.25) is 17.7 Å². The van der Waals surface area contributed by atoms with Gasteiger partial charge in [-0.3, -0.25) is 14.4 Å². The van der Waals surface area contributed by atoms with Gasteiger partial charge in [0.05, 0.1) is 30.1 Å². The average molecular weight is 614 g/mol. The summed E-state index contributed by atoms with van der Waals surface area (Å²) in [6.45, 7) is 13.0. The topological polar surface area (TPSA) is 90.4 Å². The van der Waals surface area contributed by atoms with Crippen LogP contribution in [0.25, 0.3) is 0 Å². The maximum absolute atomic E-state index is 14.9. The van der Waals surface area contributed by atoms with Crippen molar-refractivity contribution in [3.05, 3.63) is 97.1 Å². The minimum Gasteiger partial charge on any atom is -0.394 e. The number of hydrogen-bond donors (Lipinski definition) is 1. The first-order chi connectivity index (χ1) is 21.8. The molecule has 3 fully saturated rings. The van der Waals surface area contributed by atoms with Crippen LogP contribution in [0.3, 0.4) is 0 Å². The number of ether oxygens (including phenoxy) is 1. The van der Waals surface area contributed by atoms with Crippen molar-refractivity contribution in [1.29, 1.82) is 0 Å². The van der Waals surface area contributed by atoms with Gasteiger partial charge in [0.1, 0.15) is 11.6 Å². The molecule has 3 amide bonds. The summed E-state index contributed by atoms with van der Waals surface area (Å²) < 4.78 is 7.04. The Hall–Kier alpha value is -3.75. The van der Waals surface area contributed by atoms with Gasteiger partial charge in [0.15, 0.2) is 0 Å². The highest BCUT2D eigenvalue weighted by molar-refractivity contribution is 5.99. The molecule has 45 heavy (non-hydrogen) atoms. The predicted octanol–water partition coefficient (Wildman–Crippen LogP) is 4.90. The van der Waals surface area contributed by atoms with E-state index in [9.17, 15) is 19.5 Å². The first kappa shape index (κ1) is 32.6. The number of hydrogen-bond acceptors (Lipinski definition) is 5. The van der Waals surface area contributed by atoms with Gasteiger partial charge in [-0.15, -0.1) is 13.2 Å². The van der Waals surface area contributed by atoms with E-state index in [0.717, 1.165) is 24.0 Å². The Bertz CT molecular complexity index is 1380. The molecule has 1 N–H and O–H groups in total. The summed E-state index contributed by atoms with van der Waals surface area (Å²) in [4.78, 5) is 49.4. The first-order valence-electron chi connectivity index (χ1n) is 16.3. The Balaban J connectivity index is 1.62. The van der Waals surface area contributed by atoms with Gasteiger partial charge in [-0.05, 0) is 36.8 Å². The van der Waals surface area contributed by atoms with Gasteiger partial charge in [-0.1, -0.05) is 93.1 Å². The normalized spacial score (nSPS) is 27.2. The fraction of sp³-hybridized carbons (Fsp3) is 0.486. The number of aliphatic hydroxyl groups is 1. The van der Waals surface area contributed by atoms with Gasteiger partial charge >= 0.3 is 0 Å². The number of fused-ring (bicyclic) bond motifs is 1. The zero-order valence-corrected chi connectivity index (χ0v) is 26.6. The standard InChI is InChI=1S/C37H47N3O5/c1-5-9-24-38(22-6-2)35(44)32-37-21-20-36(8-4,45-37)30(33(42)39(23-7-3)25-27-16-12-10-13-17-27)31(37)34(43)40(32)29(26-41)28-18-14-11-15-19-28/h6-7,10-19,29-32,41H,2-3,5,8-9,20-26H2,1,4H3/t29-,30+,31+,32?,36-,37?/m1/s1. The lowest BCUT2D eigenvalue weighted by molar-refractivity contribution is -0.158. The van der Waals surface area contributed by atoms with E-state index in [1.807, 2.05) is 67.6 Å². The number of amides is 3. The van der Waals surface area contributed by atoms with Gasteiger partial charge < -0.3 is 24.5 Å². The van der Waals surface area contributed by atoms with Crippen LogP contribution < -0.4 is 0 Å². The highest BCUT2D eigenvalue weighted by Gasteiger charge is 2.79. The van der Waals surface area contributed by atoms with E-state index in [4.69, 9.17) is 4.74 Å². The van der Waals surface area contributed by atoms with E-state index >= 15 is 0 Å². The van der Waals surface area contributed by atoms with E-state index < -0.39 is 35.1 Å². The number of unbranched alkanes of at least 4 members (excludes halogenated alkanes) is 1. The molecule has 8 nitrogen and oxygen atoms in total. The number of nitrogens with zero attached hydrogens (tertiary/aromatic N) is 3. The lowest BCUT2D eigenvalue weighted by Crippen LogP contribution is -2.57. The molecule has 6 atom stereocenters. The Morgan fingerprint density at radius 1 is 1.00 bits per heavy atom. The van der Waals surface area contributed by atoms with Crippen LogP contribution in [0.1, 0.15) is 63.1 Å². The average Bonchev–Trinajstić information content (AvgIpc) is 3.67. The Morgan fingerprint density at radius 2 is 1.64 bits per heavy atom. The fourth-order valence-corrected chi connectivity index (χ4v) is 8.03. The maximum atomic E-state index is 14.9. The summed E-state index contributed by atoms with van der Waals surface area (Å²) >= 11 is 0. The Labute approximate surface area is 267 Å². The van der Waals surface area contributed by atoms with Gasteiger partial charge in [-0.2, -0.15) is 0 Å². The summed E-state index contributed by atoms with van der Waals surface area (Å²) in [5.41, 5.74) is -0.353.